The zero-order valence-electron chi connectivity index (χ0n) is 14.2. The highest BCUT2D eigenvalue weighted by molar-refractivity contribution is 7.91. The van der Waals surface area contributed by atoms with Gasteiger partial charge in [-0.1, -0.05) is 32.1 Å². The third-order valence-corrected chi connectivity index (χ3v) is 7.05. The number of carboxylic acid groups (broad SMARTS) is 1. The summed E-state index contributed by atoms with van der Waals surface area (Å²) in [5.74, 6) is -0.240. The highest BCUT2D eigenvalue weighted by atomic mass is 32.2. The van der Waals surface area contributed by atoms with Gasteiger partial charge in [-0.25, -0.2) is 8.42 Å². The van der Waals surface area contributed by atoms with Gasteiger partial charge in [0.25, 0.3) is 0 Å². The second-order valence-electron chi connectivity index (χ2n) is 7.41. The molecule has 1 heterocycles. The van der Waals surface area contributed by atoms with Crippen molar-refractivity contribution < 1.29 is 23.1 Å². The summed E-state index contributed by atoms with van der Waals surface area (Å²) < 4.78 is 23.0. The van der Waals surface area contributed by atoms with Crippen molar-refractivity contribution in [3.05, 3.63) is 0 Å². The molecule has 1 saturated heterocycles. The van der Waals surface area contributed by atoms with E-state index in [1.165, 1.54) is 19.3 Å². The Morgan fingerprint density at radius 3 is 2.38 bits per heavy atom. The van der Waals surface area contributed by atoms with Crippen LogP contribution in [0.3, 0.4) is 0 Å². The number of carbonyl (C=O) groups is 2. The van der Waals surface area contributed by atoms with Crippen LogP contribution < -0.4 is 5.32 Å². The van der Waals surface area contributed by atoms with E-state index in [1.54, 1.807) is 0 Å². The molecule has 138 valence electrons. The smallest absolute Gasteiger partial charge is 0.303 e. The van der Waals surface area contributed by atoms with E-state index in [0.717, 1.165) is 19.3 Å². The number of rotatable bonds is 8. The molecule has 24 heavy (non-hydrogen) atoms. The van der Waals surface area contributed by atoms with Crippen LogP contribution in [0.1, 0.15) is 64.2 Å². The number of carboxylic acids is 1. The van der Waals surface area contributed by atoms with E-state index in [-0.39, 0.29) is 42.2 Å². The summed E-state index contributed by atoms with van der Waals surface area (Å²) in [6, 6.07) is -0.116. The van der Waals surface area contributed by atoms with Crippen LogP contribution in [0.2, 0.25) is 0 Å². The first-order valence-electron chi connectivity index (χ1n) is 9.05. The molecule has 0 radical (unpaired) electrons. The molecule has 1 saturated carbocycles. The monoisotopic (exact) mass is 359 g/mol. The Morgan fingerprint density at radius 1 is 1.08 bits per heavy atom. The average molecular weight is 359 g/mol. The Morgan fingerprint density at radius 2 is 1.79 bits per heavy atom. The number of aliphatic carboxylic acids is 1. The summed E-state index contributed by atoms with van der Waals surface area (Å²) in [7, 11) is -2.97. The van der Waals surface area contributed by atoms with E-state index in [2.05, 4.69) is 5.32 Å². The Labute approximate surface area is 144 Å². The lowest BCUT2D eigenvalue weighted by atomic mass is 9.84. The van der Waals surface area contributed by atoms with Crippen molar-refractivity contribution in [2.45, 2.75) is 70.3 Å². The van der Waals surface area contributed by atoms with Crippen molar-refractivity contribution in [2.75, 3.05) is 11.5 Å². The minimum absolute atomic E-state index is 0.0511. The topological polar surface area (TPSA) is 101 Å². The van der Waals surface area contributed by atoms with Gasteiger partial charge in [0.1, 0.15) is 0 Å². The van der Waals surface area contributed by atoms with Gasteiger partial charge < -0.3 is 10.4 Å². The summed E-state index contributed by atoms with van der Waals surface area (Å²) in [6.45, 7) is 0. The standard InChI is InChI=1S/C17H29NO5S/c19-16(11-14-8-9-24(22,23)12-14)18-15(6-7-17(20)21)10-13-4-2-1-3-5-13/h13-15H,1-12H2,(H,18,19)(H,20,21). The number of carbonyl (C=O) groups excluding carboxylic acids is 1. The predicted octanol–water partition coefficient (Wildman–Crippen LogP) is 2.13. The highest BCUT2D eigenvalue weighted by Crippen LogP contribution is 2.28. The summed E-state index contributed by atoms with van der Waals surface area (Å²) in [5, 5.41) is 11.9. The minimum atomic E-state index is -2.97. The van der Waals surface area contributed by atoms with E-state index < -0.39 is 15.8 Å². The molecule has 0 aromatic rings. The van der Waals surface area contributed by atoms with Gasteiger partial charge in [0, 0.05) is 18.9 Å². The second kappa shape index (κ2) is 8.83. The van der Waals surface area contributed by atoms with Crippen LogP contribution in [-0.4, -0.2) is 42.9 Å². The molecule has 2 aliphatic rings. The van der Waals surface area contributed by atoms with Crippen LogP contribution in [0, 0.1) is 11.8 Å². The van der Waals surface area contributed by atoms with Gasteiger partial charge in [0.2, 0.25) is 5.91 Å². The maximum Gasteiger partial charge on any atom is 0.303 e. The first kappa shape index (κ1) is 19.2. The molecule has 2 N–H and O–H groups in total. The van der Waals surface area contributed by atoms with Gasteiger partial charge in [0.05, 0.1) is 11.5 Å². The van der Waals surface area contributed by atoms with Crippen molar-refractivity contribution in [3.8, 4) is 0 Å². The largest absolute Gasteiger partial charge is 0.481 e. The van der Waals surface area contributed by atoms with E-state index in [1.807, 2.05) is 0 Å². The minimum Gasteiger partial charge on any atom is -0.481 e. The lowest BCUT2D eigenvalue weighted by molar-refractivity contribution is -0.137. The molecular weight excluding hydrogens is 330 g/mol. The summed E-state index contributed by atoms with van der Waals surface area (Å²) in [4.78, 5) is 23.1. The van der Waals surface area contributed by atoms with Gasteiger partial charge >= 0.3 is 5.97 Å². The maximum atomic E-state index is 12.3. The second-order valence-corrected chi connectivity index (χ2v) is 9.64. The Hall–Kier alpha value is -1.11. The van der Waals surface area contributed by atoms with Crippen molar-refractivity contribution in [3.63, 3.8) is 0 Å². The van der Waals surface area contributed by atoms with Crippen LogP contribution in [0.5, 0.6) is 0 Å². The number of sulfone groups is 1. The molecule has 1 aliphatic heterocycles. The van der Waals surface area contributed by atoms with Crippen LogP contribution >= 0.6 is 0 Å². The van der Waals surface area contributed by atoms with Gasteiger partial charge in [0.15, 0.2) is 9.84 Å². The van der Waals surface area contributed by atoms with Gasteiger partial charge in [-0.2, -0.15) is 0 Å². The van der Waals surface area contributed by atoms with E-state index >= 15 is 0 Å². The van der Waals surface area contributed by atoms with Crippen molar-refractivity contribution in [2.24, 2.45) is 11.8 Å². The Bertz CT molecular complexity index is 539. The van der Waals surface area contributed by atoms with E-state index in [9.17, 15) is 18.0 Å². The molecule has 0 spiro atoms. The Kier molecular flexibility index (Phi) is 7.07. The maximum absolute atomic E-state index is 12.3. The quantitative estimate of drug-likeness (QED) is 0.691. The molecule has 2 unspecified atom stereocenters. The fourth-order valence-corrected chi connectivity index (χ4v) is 5.82. The van der Waals surface area contributed by atoms with Gasteiger partial charge in [-0.05, 0) is 31.1 Å². The summed E-state index contributed by atoms with van der Waals surface area (Å²) >= 11 is 0. The molecule has 2 rings (SSSR count). The molecule has 1 amide bonds. The third kappa shape index (κ3) is 6.79. The predicted molar refractivity (Wildman–Crippen MR) is 91.4 cm³/mol. The molecule has 0 aromatic carbocycles. The third-order valence-electron chi connectivity index (χ3n) is 5.22. The SMILES string of the molecule is O=C(O)CCC(CC1CCCCC1)NC(=O)CC1CCS(=O)(=O)C1. The lowest BCUT2D eigenvalue weighted by Crippen LogP contribution is -2.38. The molecule has 0 aromatic heterocycles. The first-order valence-corrected chi connectivity index (χ1v) is 10.9. The fourth-order valence-electron chi connectivity index (χ4n) is 3.95. The lowest BCUT2D eigenvalue weighted by Gasteiger charge is -2.27. The zero-order chi connectivity index (χ0) is 17.6. The highest BCUT2D eigenvalue weighted by Gasteiger charge is 2.30. The van der Waals surface area contributed by atoms with Gasteiger partial charge in [-0.3, -0.25) is 9.59 Å². The molecule has 1 aliphatic carbocycles. The Balaban J connectivity index is 1.83. The molecule has 0 bridgehead atoms. The van der Waals surface area contributed by atoms with Crippen molar-refractivity contribution >= 4 is 21.7 Å². The first-order chi connectivity index (χ1) is 11.3. The number of hydrogen-bond donors (Lipinski definition) is 2. The number of nitrogens with one attached hydrogen (secondary N) is 1. The van der Waals surface area contributed by atoms with Crippen LogP contribution in [0.15, 0.2) is 0 Å². The number of hydrogen-bond acceptors (Lipinski definition) is 4. The molecule has 6 nitrogen and oxygen atoms in total. The molecule has 2 atom stereocenters. The summed E-state index contributed by atoms with van der Waals surface area (Å²) in [5.41, 5.74) is 0. The fraction of sp³-hybridized carbons (Fsp3) is 0.882. The van der Waals surface area contributed by atoms with Crippen molar-refractivity contribution in [1.82, 2.24) is 5.32 Å². The normalized spacial score (nSPS) is 25.2. The zero-order valence-corrected chi connectivity index (χ0v) is 15.0. The van der Waals surface area contributed by atoms with Crippen LogP contribution in [-0.2, 0) is 19.4 Å². The van der Waals surface area contributed by atoms with E-state index in [0.29, 0.717) is 18.8 Å². The van der Waals surface area contributed by atoms with Crippen LogP contribution in [0.25, 0.3) is 0 Å². The van der Waals surface area contributed by atoms with Crippen molar-refractivity contribution in [1.29, 1.82) is 0 Å². The molecular formula is C17H29NO5S. The average Bonchev–Trinajstić information content (AvgIpc) is 2.84. The van der Waals surface area contributed by atoms with E-state index in [4.69, 9.17) is 5.11 Å². The number of amides is 1. The van der Waals surface area contributed by atoms with Gasteiger partial charge in [-0.15, -0.1) is 0 Å². The molecule has 7 heteroatoms. The summed E-state index contributed by atoms with van der Waals surface area (Å²) in [6.07, 6.45) is 8.11. The molecule has 2 fully saturated rings. The van der Waals surface area contributed by atoms with Crippen LogP contribution in [0.4, 0.5) is 0 Å².